The second kappa shape index (κ2) is 7.37. The van der Waals surface area contributed by atoms with E-state index in [2.05, 4.69) is 32.9 Å². The van der Waals surface area contributed by atoms with E-state index in [4.69, 9.17) is 22.7 Å². The summed E-state index contributed by atoms with van der Waals surface area (Å²) >= 11 is 4.91. The van der Waals surface area contributed by atoms with Crippen LogP contribution in [-0.4, -0.2) is 11.6 Å². The third-order valence-electron chi connectivity index (χ3n) is 2.82. The highest BCUT2D eigenvalue weighted by molar-refractivity contribution is 7.80. The van der Waals surface area contributed by atoms with Crippen LogP contribution in [0.5, 0.6) is 5.75 Å². The van der Waals surface area contributed by atoms with Gasteiger partial charge in [0.25, 0.3) is 0 Å². The Morgan fingerprint density at radius 3 is 2.67 bits per heavy atom. The van der Waals surface area contributed by atoms with Crippen LogP contribution in [0.1, 0.15) is 42.9 Å². The van der Waals surface area contributed by atoms with Crippen molar-refractivity contribution < 1.29 is 4.74 Å². The maximum atomic E-state index is 5.87. The van der Waals surface area contributed by atoms with Crippen LogP contribution in [0.15, 0.2) is 12.1 Å². The fraction of sp³-hybridized carbons (Fsp3) is 0.533. The van der Waals surface area contributed by atoms with Gasteiger partial charge in [0.15, 0.2) is 0 Å². The molecule has 1 aromatic carbocycles. The van der Waals surface area contributed by atoms with Crippen LogP contribution in [0.3, 0.4) is 0 Å². The minimum absolute atomic E-state index is 0.593. The first-order valence-corrected chi connectivity index (χ1v) is 6.96. The van der Waals surface area contributed by atoms with Crippen LogP contribution < -0.4 is 10.5 Å². The zero-order chi connectivity index (χ0) is 13.5. The fourth-order valence-corrected chi connectivity index (χ4v) is 2.24. The van der Waals surface area contributed by atoms with Crippen molar-refractivity contribution in [1.82, 2.24) is 0 Å². The van der Waals surface area contributed by atoms with E-state index in [1.54, 1.807) is 0 Å². The number of aryl methyl sites for hydroxylation is 3. The first-order valence-electron chi connectivity index (χ1n) is 6.55. The zero-order valence-electron chi connectivity index (χ0n) is 11.6. The Labute approximate surface area is 116 Å². The van der Waals surface area contributed by atoms with E-state index in [0.717, 1.165) is 38.0 Å². The minimum atomic E-state index is 0.593. The molecule has 0 unspecified atom stereocenters. The van der Waals surface area contributed by atoms with Crippen molar-refractivity contribution in [2.45, 2.75) is 46.5 Å². The van der Waals surface area contributed by atoms with E-state index in [0.29, 0.717) is 4.99 Å². The molecule has 0 aliphatic carbocycles. The molecule has 0 heterocycles. The molecular weight excluding hydrogens is 242 g/mol. The van der Waals surface area contributed by atoms with Crippen molar-refractivity contribution in [1.29, 1.82) is 0 Å². The predicted molar refractivity (Wildman–Crippen MR) is 81.4 cm³/mol. The maximum Gasteiger partial charge on any atom is 0.125 e. The summed E-state index contributed by atoms with van der Waals surface area (Å²) in [5.74, 6) is 1.05. The molecule has 0 atom stereocenters. The van der Waals surface area contributed by atoms with E-state index in [1.807, 2.05) is 0 Å². The van der Waals surface area contributed by atoms with Gasteiger partial charge in [-0.15, -0.1) is 0 Å². The van der Waals surface area contributed by atoms with Crippen molar-refractivity contribution in [3.63, 3.8) is 0 Å². The molecule has 0 fully saturated rings. The molecule has 18 heavy (non-hydrogen) atoms. The molecule has 0 spiro atoms. The quantitative estimate of drug-likeness (QED) is 0.763. The largest absolute Gasteiger partial charge is 0.493 e. The van der Waals surface area contributed by atoms with Gasteiger partial charge in [-0.1, -0.05) is 36.8 Å². The third kappa shape index (κ3) is 4.65. The van der Waals surface area contributed by atoms with Crippen molar-refractivity contribution in [3.8, 4) is 5.75 Å². The Balaban J connectivity index is 2.81. The molecular formula is C15H23NOS. The molecule has 0 bridgehead atoms. The van der Waals surface area contributed by atoms with E-state index in [9.17, 15) is 0 Å². The molecule has 0 saturated heterocycles. The zero-order valence-corrected chi connectivity index (χ0v) is 12.4. The molecule has 0 amide bonds. The van der Waals surface area contributed by atoms with E-state index < -0.39 is 0 Å². The summed E-state index contributed by atoms with van der Waals surface area (Å²) in [5, 5.41) is 0. The van der Waals surface area contributed by atoms with Gasteiger partial charge in [0.2, 0.25) is 0 Å². The molecule has 1 rings (SSSR count). The van der Waals surface area contributed by atoms with Crippen molar-refractivity contribution in [2.24, 2.45) is 5.73 Å². The molecule has 2 N–H and O–H groups in total. The van der Waals surface area contributed by atoms with Crippen LogP contribution in [0.2, 0.25) is 0 Å². The Morgan fingerprint density at radius 1 is 1.33 bits per heavy atom. The van der Waals surface area contributed by atoms with Crippen molar-refractivity contribution in [2.75, 3.05) is 6.61 Å². The highest BCUT2D eigenvalue weighted by atomic mass is 32.1. The average Bonchev–Trinajstić information content (AvgIpc) is 2.27. The first kappa shape index (κ1) is 15.0. The summed E-state index contributed by atoms with van der Waals surface area (Å²) in [4.78, 5) is 0.593. The number of benzene rings is 1. The highest BCUT2D eigenvalue weighted by Crippen LogP contribution is 2.27. The van der Waals surface area contributed by atoms with Gasteiger partial charge in [0.1, 0.15) is 5.75 Å². The predicted octanol–water partition coefficient (Wildman–Crippen LogP) is 3.70. The number of rotatable bonds is 7. The lowest BCUT2D eigenvalue weighted by Crippen LogP contribution is -2.08. The van der Waals surface area contributed by atoms with Gasteiger partial charge in [-0.05, 0) is 50.7 Å². The summed E-state index contributed by atoms with van der Waals surface area (Å²) in [6.45, 7) is 7.12. The standard InChI is InChI=1S/C15H23NOS/c1-4-8-17-15-12(3)9-11(2)10-13(15)6-5-7-14(16)18/h9-10H,4-8H2,1-3H3,(H2,16,18). The second-order valence-electron chi connectivity index (χ2n) is 4.74. The van der Waals surface area contributed by atoms with Gasteiger partial charge in [-0.25, -0.2) is 0 Å². The van der Waals surface area contributed by atoms with E-state index >= 15 is 0 Å². The second-order valence-corrected chi connectivity index (χ2v) is 5.26. The Kier molecular flexibility index (Phi) is 6.13. The van der Waals surface area contributed by atoms with Crippen LogP contribution in [0.4, 0.5) is 0 Å². The monoisotopic (exact) mass is 265 g/mol. The van der Waals surface area contributed by atoms with Crippen LogP contribution in [0, 0.1) is 13.8 Å². The first-order chi connectivity index (χ1) is 8.54. The van der Waals surface area contributed by atoms with Crippen molar-refractivity contribution >= 4 is 17.2 Å². The van der Waals surface area contributed by atoms with Crippen LogP contribution in [-0.2, 0) is 6.42 Å². The number of thiocarbonyl (C=S) groups is 1. The average molecular weight is 265 g/mol. The molecule has 3 heteroatoms. The van der Waals surface area contributed by atoms with Crippen LogP contribution >= 0.6 is 12.2 Å². The highest BCUT2D eigenvalue weighted by Gasteiger charge is 2.08. The molecule has 0 radical (unpaired) electrons. The van der Waals surface area contributed by atoms with Crippen molar-refractivity contribution in [3.05, 3.63) is 28.8 Å². The summed E-state index contributed by atoms with van der Waals surface area (Å²) in [6, 6.07) is 4.37. The molecule has 2 nitrogen and oxygen atoms in total. The summed E-state index contributed by atoms with van der Waals surface area (Å²) in [5.41, 5.74) is 9.31. The minimum Gasteiger partial charge on any atom is -0.493 e. The van der Waals surface area contributed by atoms with Gasteiger partial charge in [-0.3, -0.25) is 0 Å². The summed E-state index contributed by atoms with van der Waals surface area (Å²) in [7, 11) is 0. The molecule has 0 aromatic heterocycles. The van der Waals surface area contributed by atoms with Gasteiger partial charge in [0, 0.05) is 0 Å². The molecule has 0 aliphatic rings. The van der Waals surface area contributed by atoms with Gasteiger partial charge < -0.3 is 10.5 Å². The lowest BCUT2D eigenvalue weighted by molar-refractivity contribution is 0.312. The molecule has 100 valence electrons. The number of nitrogens with two attached hydrogens (primary N) is 1. The number of ether oxygens (including phenoxy) is 1. The number of hydrogen-bond acceptors (Lipinski definition) is 2. The van der Waals surface area contributed by atoms with Gasteiger partial charge in [0.05, 0.1) is 11.6 Å². The number of hydrogen-bond donors (Lipinski definition) is 1. The van der Waals surface area contributed by atoms with Gasteiger partial charge in [-0.2, -0.15) is 0 Å². The van der Waals surface area contributed by atoms with E-state index in [-0.39, 0.29) is 0 Å². The maximum absolute atomic E-state index is 5.87. The van der Waals surface area contributed by atoms with E-state index in [1.165, 1.54) is 16.7 Å². The Hall–Kier alpha value is -1.09. The third-order valence-corrected chi connectivity index (χ3v) is 3.02. The smallest absolute Gasteiger partial charge is 0.125 e. The Morgan fingerprint density at radius 2 is 2.06 bits per heavy atom. The topological polar surface area (TPSA) is 35.2 Å². The summed E-state index contributed by atoms with van der Waals surface area (Å²) in [6.07, 6.45) is 3.79. The summed E-state index contributed by atoms with van der Waals surface area (Å²) < 4.78 is 5.87. The molecule has 0 saturated carbocycles. The lowest BCUT2D eigenvalue weighted by Gasteiger charge is -2.15. The molecule has 1 aromatic rings. The Bertz CT molecular complexity index is 415. The lowest BCUT2D eigenvalue weighted by atomic mass is 10.0. The normalized spacial score (nSPS) is 10.4. The molecule has 0 aliphatic heterocycles. The fourth-order valence-electron chi connectivity index (χ4n) is 2.09. The van der Waals surface area contributed by atoms with Crippen LogP contribution in [0.25, 0.3) is 0 Å². The van der Waals surface area contributed by atoms with Gasteiger partial charge >= 0.3 is 0 Å². The SMILES string of the molecule is CCCOc1c(C)cc(C)cc1CCCC(N)=S.